The van der Waals surface area contributed by atoms with Gasteiger partial charge in [0.1, 0.15) is 5.60 Å². The van der Waals surface area contributed by atoms with Crippen molar-refractivity contribution in [1.82, 2.24) is 10.3 Å². The molecule has 1 atom stereocenters. The molecule has 1 heterocycles. The zero-order valence-corrected chi connectivity index (χ0v) is 11.9. The van der Waals surface area contributed by atoms with E-state index in [0.717, 1.165) is 0 Å². The number of carbonyl (C=O) groups excluding carboxylic acids is 1. The standard InChI is InChI=1S/C14H22N2O3/c1-10(9-17)7-16-13(18)11-5-6-12(15-8-11)19-14(2,3)4/h5-6,8,10,17H,7,9H2,1-4H3,(H,16,18). The van der Waals surface area contributed by atoms with Crippen LogP contribution in [-0.2, 0) is 0 Å². The van der Waals surface area contributed by atoms with Gasteiger partial charge in [0.15, 0.2) is 0 Å². The average molecular weight is 266 g/mol. The zero-order valence-electron chi connectivity index (χ0n) is 11.9. The topological polar surface area (TPSA) is 71.5 Å². The van der Waals surface area contributed by atoms with E-state index in [1.54, 1.807) is 12.1 Å². The summed E-state index contributed by atoms with van der Waals surface area (Å²) >= 11 is 0. The van der Waals surface area contributed by atoms with Crippen LogP contribution >= 0.6 is 0 Å². The minimum atomic E-state index is -0.312. The second-order valence-electron chi connectivity index (χ2n) is 5.60. The van der Waals surface area contributed by atoms with E-state index in [9.17, 15) is 4.79 Å². The van der Waals surface area contributed by atoms with Crippen LogP contribution in [0, 0.1) is 5.92 Å². The number of pyridine rings is 1. The summed E-state index contributed by atoms with van der Waals surface area (Å²) in [7, 11) is 0. The van der Waals surface area contributed by atoms with Crippen LogP contribution in [0.5, 0.6) is 5.88 Å². The van der Waals surface area contributed by atoms with Gasteiger partial charge in [-0.3, -0.25) is 4.79 Å². The summed E-state index contributed by atoms with van der Waals surface area (Å²) in [6.07, 6.45) is 1.49. The predicted octanol–water partition coefficient (Wildman–Crippen LogP) is 1.62. The van der Waals surface area contributed by atoms with Gasteiger partial charge in [-0.05, 0) is 32.8 Å². The highest BCUT2D eigenvalue weighted by molar-refractivity contribution is 5.93. The Hall–Kier alpha value is -1.62. The molecule has 19 heavy (non-hydrogen) atoms. The Labute approximate surface area is 114 Å². The number of hydrogen-bond donors (Lipinski definition) is 2. The number of aromatic nitrogens is 1. The van der Waals surface area contributed by atoms with Crippen molar-refractivity contribution in [2.45, 2.75) is 33.3 Å². The monoisotopic (exact) mass is 266 g/mol. The predicted molar refractivity (Wildman–Crippen MR) is 73.2 cm³/mol. The third-order valence-corrected chi connectivity index (χ3v) is 2.33. The number of amides is 1. The molecule has 0 aliphatic rings. The van der Waals surface area contributed by atoms with Gasteiger partial charge in [0.05, 0.1) is 5.56 Å². The minimum absolute atomic E-state index is 0.0420. The molecule has 2 N–H and O–H groups in total. The van der Waals surface area contributed by atoms with Crippen molar-refractivity contribution in [3.05, 3.63) is 23.9 Å². The quantitative estimate of drug-likeness (QED) is 0.849. The lowest BCUT2D eigenvalue weighted by atomic mass is 10.2. The first kappa shape index (κ1) is 15.4. The van der Waals surface area contributed by atoms with Crippen molar-refractivity contribution in [1.29, 1.82) is 0 Å². The van der Waals surface area contributed by atoms with Crippen molar-refractivity contribution >= 4 is 5.91 Å². The van der Waals surface area contributed by atoms with Crippen molar-refractivity contribution in [2.24, 2.45) is 5.92 Å². The number of carbonyl (C=O) groups is 1. The number of nitrogens with zero attached hydrogens (tertiary/aromatic N) is 1. The molecular formula is C14H22N2O3. The molecule has 0 fully saturated rings. The molecule has 5 nitrogen and oxygen atoms in total. The number of aliphatic hydroxyl groups excluding tert-OH is 1. The second-order valence-corrected chi connectivity index (χ2v) is 5.60. The number of aliphatic hydroxyl groups is 1. The molecule has 106 valence electrons. The Morgan fingerprint density at radius 3 is 2.63 bits per heavy atom. The summed E-state index contributed by atoms with van der Waals surface area (Å²) in [5.41, 5.74) is 0.166. The van der Waals surface area contributed by atoms with E-state index in [2.05, 4.69) is 10.3 Å². The maximum atomic E-state index is 11.8. The molecule has 1 rings (SSSR count). The molecular weight excluding hydrogens is 244 g/mol. The van der Waals surface area contributed by atoms with Crippen LogP contribution in [0.25, 0.3) is 0 Å². The van der Waals surface area contributed by atoms with Crippen LogP contribution in [-0.4, -0.2) is 34.8 Å². The van der Waals surface area contributed by atoms with E-state index < -0.39 is 0 Å². The smallest absolute Gasteiger partial charge is 0.252 e. The third-order valence-electron chi connectivity index (χ3n) is 2.33. The number of nitrogens with one attached hydrogen (secondary N) is 1. The van der Waals surface area contributed by atoms with Gasteiger partial charge in [-0.25, -0.2) is 4.98 Å². The highest BCUT2D eigenvalue weighted by Gasteiger charge is 2.13. The van der Waals surface area contributed by atoms with Crippen LogP contribution in [0.3, 0.4) is 0 Å². The summed E-state index contributed by atoms with van der Waals surface area (Å²) in [5.74, 6) is 0.336. The van der Waals surface area contributed by atoms with Gasteiger partial charge >= 0.3 is 0 Å². The summed E-state index contributed by atoms with van der Waals surface area (Å²) < 4.78 is 5.58. The van der Waals surface area contributed by atoms with Gasteiger partial charge in [0.2, 0.25) is 5.88 Å². The molecule has 0 spiro atoms. The fourth-order valence-electron chi connectivity index (χ4n) is 1.32. The van der Waals surface area contributed by atoms with E-state index in [4.69, 9.17) is 9.84 Å². The highest BCUT2D eigenvalue weighted by atomic mass is 16.5. The van der Waals surface area contributed by atoms with Crippen molar-refractivity contribution in [2.75, 3.05) is 13.2 Å². The van der Waals surface area contributed by atoms with Gasteiger partial charge in [-0.15, -0.1) is 0 Å². The van der Waals surface area contributed by atoms with Crippen molar-refractivity contribution in [3.63, 3.8) is 0 Å². The molecule has 5 heteroatoms. The molecule has 0 saturated heterocycles. The lowest BCUT2D eigenvalue weighted by Gasteiger charge is -2.20. The van der Waals surface area contributed by atoms with E-state index >= 15 is 0 Å². The minimum Gasteiger partial charge on any atom is -0.472 e. The third kappa shape index (κ3) is 5.70. The maximum absolute atomic E-state index is 11.8. The normalized spacial score (nSPS) is 12.9. The highest BCUT2D eigenvalue weighted by Crippen LogP contribution is 2.15. The second kappa shape index (κ2) is 6.52. The Morgan fingerprint density at radius 2 is 2.16 bits per heavy atom. The molecule has 1 unspecified atom stereocenters. The SMILES string of the molecule is CC(CO)CNC(=O)c1ccc(OC(C)(C)C)nc1. The Morgan fingerprint density at radius 1 is 1.47 bits per heavy atom. The van der Waals surface area contributed by atoms with E-state index in [-0.39, 0.29) is 24.0 Å². The first-order valence-corrected chi connectivity index (χ1v) is 6.36. The van der Waals surface area contributed by atoms with E-state index in [1.165, 1.54) is 6.20 Å². The van der Waals surface area contributed by atoms with Crippen LogP contribution < -0.4 is 10.1 Å². The lowest BCUT2D eigenvalue weighted by Crippen LogP contribution is -2.29. The summed E-state index contributed by atoms with van der Waals surface area (Å²) in [5, 5.41) is 11.6. The van der Waals surface area contributed by atoms with Crippen LogP contribution in [0.15, 0.2) is 18.3 Å². The summed E-state index contributed by atoms with van der Waals surface area (Å²) in [4.78, 5) is 15.9. The van der Waals surface area contributed by atoms with Crippen molar-refractivity contribution < 1.29 is 14.6 Å². The Balaban J connectivity index is 2.58. The molecule has 0 radical (unpaired) electrons. The van der Waals surface area contributed by atoms with Crippen molar-refractivity contribution in [3.8, 4) is 5.88 Å². The number of ether oxygens (including phenoxy) is 1. The van der Waals surface area contributed by atoms with Gasteiger partial charge < -0.3 is 15.2 Å². The molecule has 0 bridgehead atoms. The lowest BCUT2D eigenvalue weighted by molar-refractivity contribution is 0.0941. The summed E-state index contributed by atoms with van der Waals surface area (Å²) in [6.45, 7) is 8.16. The molecule has 0 saturated carbocycles. The van der Waals surface area contributed by atoms with Gasteiger partial charge in [-0.2, -0.15) is 0 Å². The number of rotatable bonds is 5. The van der Waals surface area contributed by atoms with Gasteiger partial charge in [0.25, 0.3) is 5.91 Å². The molecule has 1 aromatic heterocycles. The van der Waals surface area contributed by atoms with Crippen LogP contribution in [0.4, 0.5) is 0 Å². The first-order valence-electron chi connectivity index (χ1n) is 6.36. The molecule has 0 aliphatic carbocycles. The molecule has 1 aromatic rings. The van der Waals surface area contributed by atoms with E-state index in [1.807, 2.05) is 27.7 Å². The fraction of sp³-hybridized carbons (Fsp3) is 0.571. The Bertz CT molecular complexity index is 410. The molecule has 1 amide bonds. The first-order chi connectivity index (χ1) is 8.81. The average Bonchev–Trinajstić information content (AvgIpc) is 2.34. The largest absolute Gasteiger partial charge is 0.472 e. The van der Waals surface area contributed by atoms with E-state index in [0.29, 0.717) is 18.0 Å². The maximum Gasteiger partial charge on any atom is 0.252 e. The van der Waals surface area contributed by atoms with Crippen LogP contribution in [0.1, 0.15) is 38.1 Å². The zero-order chi connectivity index (χ0) is 14.5. The van der Waals surface area contributed by atoms with Gasteiger partial charge in [0, 0.05) is 25.4 Å². The molecule has 0 aliphatic heterocycles. The Kier molecular flexibility index (Phi) is 5.30. The molecule has 0 aromatic carbocycles. The van der Waals surface area contributed by atoms with Gasteiger partial charge in [-0.1, -0.05) is 6.92 Å². The van der Waals surface area contributed by atoms with Crippen LogP contribution in [0.2, 0.25) is 0 Å². The fourth-order valence-corrected chi connectivity index (χ4v) is 1.32. The number of hydrogen-bond acceptors (Lipinski definition) is 4. The summed E-state index contributed by atoms with van der Waals surface area (Å²) in [6, 6.07) is 3.35.